The summed E-state index contributed by atoms with van der Waals surface area (Å²) in [4.78, 5) is 5.33. The van der Waals surface area contributed by atoms with Crippen molar-refractivity contribution >= 4 is 33.1 Å². The summed E-state index contributed by atoms with van der Waals surface area (Å²) in [5.74, 6) is -0.210. The molecule has 2 rings (SSSR count). The summed E-state index contributed by atoms with van der Waals surface area (Å²) in [6, 6.07) is 5.08. The second-order valence-corrected chi connectivity index (χ2v) is 6.70. The van der Waals surface area contributed by atoms with E-state index < -0.39 is 0 Å². The Labute approximate surface area is 139 Å². The van der Waals surface area contributed by atoms with E-state index in [9.17, 15) is 4.39 Å². The van der Waals surface area contributed by atoms with Crippen LogP contribution in [-0.2, 0) is 6.54 Å². The molecule has 1 aliphatic heterocycles. The van der Waals surface area contributed by atoms with Gasteiger partial charge in [-0.2, -0.15) is 0 Å². The first kappa shape index (κ1) is 16.8. The van der Waals surface area contributed by atoms with E-state index in [1.54, 1.807) is 0 Å². The third kappa shape index (κ3) is 4.45. The fourth-order valence-corrected chi connectivity index (χ4v) is 3.56. The van der Waals surface area contributed by atoms with E-state index in [4.69, 9.17) is 18.0 Å². The molecule has 1 heterocycles. The van der Waals surface area contributed by atoms with Gasteiger partial charge in [0.15, 0.2) is 0 Å². The van der Waals surface area contributed by atoms with E-state index in [1.165, 1.54) is 12.1 Å². The van der Waals surface area contributed by atoms with Gasteiger partial charge in [-0.3, -0.25) is 9.80 Å². The largest absolute Gasteiger partial charge is 0.392 e. The number of piperazine rings is 1. The Balaban J connectivity index is 1.91. The lowest BCUT2D eigenvalue weighted by molar-refractivity contribution is 0.111. The Morgan fingerprint density at radius 2 is 2.05 bits per heavy atom. The van der Waals surface area contributed by atoms with E-state index in [-0.39, 0.29) is 11.9 Å². The Kier molecular flexibility index (Phi) is 6.10. The zero-order chi connectivity index (χ0) is 15.4. The lowest BCUT2D eigenvalue weighted by atomic mass is 10.1. The molecule has 6 heteroatoms. The first-order valence-electron chi connectivity index (χ1n) is 7.21. The molecule has 2 N–H and O–H groups in total. The first-order valence-corrected chi connectivity index (χ1v) is 8.41. The highest BCUT2D eigenvalue weighted by Gasteiger charge is 2.24. The zero-order valence-corrected chi connectivity index (χ0v) is 14.6. The molecule has 1 fully saturated rings. The van der Waals surface area contributed by atoms with Crippen molar-refractivity contribution in [3.8, 4) is 0 Å². The van der Waals surface area contributed by atoms with Crippen LogP contribution < -0.4 is 5.73 Å². The lowest BCUT2D eigenvalue weighted by Crippen LogP contribution is -2.53. The number of nitrogens with two attached hydrogens (primary N) is 1. The number of hydrogen-bond donors (Lipinski definition) is 1. The van der Waals surface area contributed by atoms with Crippen LogP contribution in [0.25, 0.3) is 0 Å². The van der Waals surface area contributed by atoms with Crippen LogP contribution in [0.5, 0.6) is 0 Å². The minimum atomic E-state index is -0.210. The van der Waals surface area contributed by atoms with Gasteiger partial charge in [-0.1, -0.05) is 41.1 Å². The van der Waals surface area contributed by atoms with Gasteiger partial charge >= 0.3 is 0 Å². The maximum absolute atomic E-state index is 13.1. The number of nitrogens with zero attached hydrogens (tertiary/aromatic N) is 2. The highest BCUT2D eigenvalue weighted by molar-refractivity contribution is 9.10. The minimum Gasteiger partial charge on any atom is -0.392 e. The molecule has 3 nitrogen and oxygen atoms in total. The Morgan fingerprint density at radius 3 is 2.57 bits per heavy atom. The van der Waals surface area contributed by atoms with Gasteiger partial charge in [0.1, 0.15) is 5.82 Å². The highest BCUT2D eigenvalue weighted by atomic mass is 79.9. The molecule has 1 aromatic carbocycles. The van der Waals surface area contributed by atoms with E-state index >= 15 is 0 Å². The molecule has 0 spiro atoms. The SMILES string of the molecule is CCC(C(N)=S)N1CCN(Cc2ccc(F)cc2Br)CC1. The lowest BCUT2D eigenvalue weighted by Gasteiger charge is -2.38. The van der Waals surface area contributed by atoms with E-state index in [0.717, 1.165) is 49.2 Å². The molecule has 0 bridgehead atoms. The fraction of sp³-hybridized carbons (Fsp3) is 0.533. The normalized spacial score (nSPS) is 18.6. The second kappa shape index (κ2) is 7.63. The van der Waals surface area contributed by atoms with Gasteiger partial charge in [0.25, 0.3) is 0 Å². The molecule has 1 saturated heterocycles. The van der Waals surface area contributed by atoms with Gasteiger partial charge in [0.2, 0.25) is 0 Å². The number of halogens is 2. The molecular formula is C15H21BrFN3S. The van der Waals surface area contributed by atoms with Crippen LogP contribution in [-0.4, -0.2) is 47.0 Å². The molecule has 1 aliphatic rings. The zero-order valence-electron chi connectivity index (χ0n) is 12.2. The number of hydrogen-bond acceptors (Lipinski definition) is 3. The Bertz CT molecular complexity index is 504. The van der Waals surface area contributed by atoms with Gasteiger partial charge in [-0.15, -0.1) is 0 Å². The van der Waals surface area contributed by atoms with Crippen molar-refractivity contribution < 1.29 is 4.39 Å². The van der Waals surface area contributed by atoms with Gasteiger partial charge in [-0.25, -0.2) is 4.39 Å². The topological polar surface area (TPSA) is 32.5 Å². The molecule has 1 unspecified atom stereocenters. The molecule has 0 saturated carbocycles. The minimum absolute atomic E-state index is 0.208. The molecule has 21 heavy (non-hydrogen) atoms. The van der Waals surface area contributed by atoms with E-state index in [1.807, 2.05) is 6.07 Å². The molecule has 0 radical (unpaired) electrons. The van der Waals surface area contributed by atoms with Gasteiger partial charge in [0.05, 0.1) is 11.0 Å². The third-order valence-corrected chi connectivity index (χ3v) is 4.98. The van der Waals surface area contributed by atoms with Crippen LogP contribution in [0.4, 0.5) is 4.39 Å². The average Bonchev–Trinajstić information content (AvgIpc) is 2.44. The maximum Gasteiger partial charge on any atom is 0.124 e. The molecule has 0 aromatic heterocycles. The van der Waals surface area contributed by atoms with Gasteiger partial charge < -0.3 is 5.73 Å². The standard InChI is InChI=1S/C15H21BrFN3S/c1-2-14(15(18)21)20-7-5-19(6-8-20)10-11-3-4-12(17)9-13(11)16/h3-4,9,14H,2,5-8,10H2,1H3,(H2,18,21). The summed E-state index contributed by atoms with van der Waals surface area (Å²) in [5.41, 5.74) is 6.92. The summed E-state index contributed by atoms with van der Waals surface area (Å²) in [7, 11) is 0. The van der Waals surface area contributed by atoms with Crippen molar-refractivity contribution in [2.24, 2.45) is 5.73 Å². The van der Waals surface area contributed by atoms with Crippen molar-refractivity contribution in [1.29, 1.82) is 0 Å². The van der Waals surface area contributed by atoms with Crippen molar-refractivity contribution in [3.05, 3.63) is 34.1 Å². The fourth-order valence-electron chi connectivity index (χ4n) is 2.76. The number of thiocarbonyl (C=S) groups is 1. The summed E-state index contributed by atoms with van der Waals surface area (Å²) in [6.07, 6.45) is 0.957. The predicted molar refractivity (Wildman–Crippen MR) is 91.8 cm³/mol. The van der Waals surface area contributed by atoms with Crippen molar-refractivity contribution in [1.82, 2.24) is 9.80 Å². The monoisotopic (exact) mass is 373 g/mol. The Hall–Kier alpha value is -0.560. The van der Waals surface area contributed by atoms with E-state index in [2.05, 4.69) is 32.7 Å². The van der Waals surface area contributed by atoms with Crippen molar-refractivity contribution in [2.45, 2.75) is 25.9 Å². The van der Waals surface area contributed by atoms with Gasteiger partial charge in [0, 0.05) is 37.2 Å². The quantitative estimate of drug-likeness (QED) is 0.804. The second-order valence-electron chi connectivity index (χ2n) is 5.37. The summed E-state index contributed by atoms with van der Waals surface area (Å²) >= 11 is 8.57. The van der Waals surface area contributed by atoms with Crippen LogP contribution in [0.15, 0.2) is 22.7 Å². The van der Waals surface area contributed by atoms with Crippen molar-refractivity contribution in [2.75, 3.05) is 26.2 Å². The van der Waals surface area contributed by atoms with E-state index in [0.29, 0.717) is 4.99 Å². The molecular weight excluding hydrogens is 353 g/mol. The Morgan fingerprint density at radius 1 is 1.38 bits per heavy atom. The highest BCUT2D eigenvalue weighted by Crippen LogP contribution is 2.20. The van der Waals surface area contributed by atoms with Crippen LogP contribution in [0, 0.1) is 5.82 Å². The molecule has 0 amide bonds. The van der Waals surface area contributed by atoms with Crippen LogP contribution >= 0.6 is 28.1 Å². The van der Waals surface area contributed by atoms with Gasteiger partial charge in [-0.05, 0) is 24.1 Å². The number of rotatable bonds is 5. The van der Waals surface area contributed by atoms with Crippen LogP contribution in [0.1, 0.15) is 18.9 Å². The predicted octanol–water partition coefficient (Wildman–Crippen LogP) is 2.77. The molecule has 0 aliphatic carbocycles. The summed E-state index contributed by atoms with van der Waals surface area (Å²) < 4.78 is 13.9. The van der Waals surface area contributed by atoms with Crippen LogP contribution in [0.2, 0.25) is 0 Å². The van der Waals surface area contributed by atoms with Crippen LogP contribution in [0.3, 0.4) is 0 Å². The maximum atomic E-state index is 13.1. The third-order valence-electron chi connectivity index (χ3n) is 3.97. The summed E-state index contributed by atoms with van der Waals surface area (Å²) in [6.45, 7) is 6.83. The molecule has 1 aromatic rings. The first-order chi connectivity index (χ1) is 10.0. The molecule has 116 valence electrons. The smallest absolute Gasteiger partial charge is 0.124 e. The average molecular weight is 374 g/mol. The number of benzene rings is 1. The van der Waals surface area contributed by atoms with Crippen molar-refractivity contribution in [3.63, 3.8) is 0 Å². The molecule has 1 atom stereocenters. The summed E-state index contributed by atoms with van der Waals surface area (Å²) in [5, 5.41) is 0.